The second-order valence-corrected chi connectivity index (χ2v) is 3.09. The molecule has 1 heterocycles. The molecular weight excluding hydrogens is 182 g/mol. The fourth-order valence-electron chi connectivity index (χ4n) is 0.733. The Morgan fingerprint density at radius 2 is 2.07 bits per heavy atom. The van der Waals surface area contributed by atoms with Gasteiger partial charge in [-0.2, -0.15) is 5.10 Å². The Kier molecular flexibility index (Phi) is 3.01. The number of anilines is 1. The Hall–Kier alpha value is -1.65. The first-order valence-electron chi connectivity index (χ1n) is 4.26. The van der Waals surface area contributed by atoms with Crippen LogP contribution in [0.2, 0.25) is 0 Å². The normalized spacial score (nSPS) is 11.6. The molecule has 14 heavy (non-hydrogen) atoms. The SMILES string of the molecule is CC(=O)/C(C)=N/Nc1onc(C)c1C. The molecule has 0 aliphatic carbocycles. The summed E-state index contributed by atoms with van der Waals surface area (Å²) in [5, 5.41) is 7.60. The Morgan fingerprint density at radius 3 is 2.50 bits per heavy atom. The maximum absolute atomic E-state index is 10.8. The third-order valence-electron chi connectivity index (χ3n) is 1.99. The van der Waals surface area contributed by atoms with E-state index in [0.717, 1.165) is 11.3 Å². The van der Waals surface area contributed by atoms with Gasteiger partial charge >= 0.3 is 0 Å². The minimum absolute atomic E-state index is 0.0774. The molecule has 1 aromatic heterocycles. The summed E-state index contributed by atoms with van der Waals surface area (Å²) >= 11 is 0. The van der Waals surface area contributed by atoms with Crippen LogP contribution in [0.4, 0.5) is 5.88 Å². The number of aryl methyl sites for hydroxylation is 1. The van der Waals surface area contributed by atoms with Gasteiger partial charge in [0, 0.05) is 12.5 Å². The van der Waals surface area contributed by atoms with Crippen LogP contribution in [0.15, 0.2) is 9.62 Å². The Balaban J connectivity index is 2.76. The molecule has 5 nitrogen and oxygen atoms in total. The second kappa shape index (κ2) is 4.04. The average Bonchev–Trinajstić information content (AvgIpc) is 2.44. The number of hydrogen-bond acceptors (Lipinski definition) is 5. The topological polar surface area (TPSA) is 67.5 Å². The van der Waals surface area contributed by atoms with Gasteiger partial charge in [0.05, 0.1) is 5.69 Å². The van der Waals surface area contributed by atoms with Gasteiger partial charge in [0.1, 0.15) is 5.71 Å². The van der Waals surface area contributed by atoms with Gasteiger partial charge in [-0.25, -0.2) is 5.43 Å². The predicted molar refractivity (Wildman–Crippen MR) is 53.4 cm³/mol. The molecular formula is C9H13N3O2. The molecule has 0 radical (unpaired) electrons. The smallest absolute Gasteiger partial charge is 0.247 e. The maximum Gasteiger partial charge on any atom is 0.247 e. The van der Waals surface area contributed by atoms with Gasteiger partial charge in [-0.1, -0.05) is 5.16 Å². The first kappa shape index (κ1) is 10.4. The van der Waals surface area contributed by atoms with Crippen molar-refractivity contribution in [3.05, 3.63) is 11.3 Å². The van der Waals surface area contributed by atoms with E-state index in [1.165, 1.54) is 6.92 Å². The van der Waals surface area contributed by atoms with Crippen molar-refractivity contribution in [1.82, 2.24) is 5.16 Å². The average molecular weight is 195 g/mol. The molecule has 1 aromatic rings. The molecule has 1 rings (SSSR count). The van der Waals surface area contributed by atoms with Crippen LogP contribution >= 0.6 is 0 Å². The van der Waals surface area contributed by atoms with Gasteiger partial charge in [0.15, 0.2) is 5.78 Å². The van der Waals surface area contributed by atoms with Gasteiger partial charge < -0.3 is 4.52 Å². The first-order chi connectivity index (χ1) is 6.52. The molecule has 0 spiro atoms. The van der Waals surface area contributed by atoms with Crippen LogP contribution in [0.1, 0.15) is 25.1 Å². The third-order valence-corrected chi connectivity index (χ3v) is 1.99. The Bertz CT molecular complexity index is 379. The second-order valence-electron chi connectivity index (χ2n) is 3.09. The van der Waals surface area contributed by atoms with Gasteiger partial charge in [-0.3, -0.25) is 4.79 Å². The lowest BCUT2D eigenvalue weighted by atomic mass is 10.3. The minimum Gasteiger partial charge on any atom is -0.336 e. The highest BCUT2D eigenvalue weighted by Gasteiger charge is 2.07. The van der Waals surface area contributed by atoms with Crippen molar-refractivity contribution in [3.8, 4) is 0 Å². The zero-order valence-electron chi connectivity index (χ0n) is 8.71. The standard InChI is InChI=1S/C9H13N3O2/c1-5-6(2)12-14-9(5)11-10-7(3)8(4)13/h11H,1-4H3/b10-7+. The van der Waals surface area contributed by atoms with Crippen LogP contribution in [0.5, 0.6) is 0 Å². The lowest BCUT2D eigenvalue weighted by Crippen LogP contribution is -2.07. The summed E-state index contributed by atoms with van der Waals surface area (Å²) < 4.78 is 4.95. The Labute approximate surface area is 82.2 Å². The number of aromatic nitrogens is 1. The molecule has 0 bridgehead atoms. The Morgan fingerprint density at radius 1 is 1.43 bits per heavy atom. The third kappa shape index (κ3) is 2.18. The summed E-state index contributed by atoms with van der Waals surface area (Å²) in [5.41, 5.74) is 4.76. The summed E-state index contributed by atoms with van der Waals surface area (Å²) in [6, 6.07) is 0. The van der Waals surface area contributed by atoms with Crippen LogP contribution in [0.3, 0.4) is 0 Å². The number of Topliss-reactive ketones (excluding diaryl/α,β-unsaturated/α-hetero) is 1. The summed E-state index contributed by atoms with van der Waals surface area (Å²) in [6.45, 7) is 6.80. The zero-order valence-corrected chi connectivity index (χ0v) is 8.71. The van der Waals surface area contributed by atoms with Crippen molar-refractivity contribution in [1.29, 1.82) is 0 Å². The van der Waals surface area contributed by atoms with Gasteiger partial charge in [0.2, 0.25) is 5.88 Å². The molecule has 0 aliphatic rings. The fourth-order valence-corrected chi connectivity index (χ4v) is 0.733. The molecule has 0 fully saturated rings. The van der Waals surface area contributed by atoms with E-state index in [9.17, 15) is 4.79 Å². The maximum atomic E-state index is 10.8. The van der Waals surface area contributed by atoms with Crippen molar-refractivity contribution in [2.75, 3.05) is 5.43 Å². The largest absolute Gasteiger partial charge is 0.336 e. The van der Waals surface area contributed by atoms with E-state index in [4.69, 9.17) is 4.52 Å². The van der Waals surface area contributed by atoms with Crippen LogP contribution in [0, 0.1) is 13.8 Å². The zero-order chi connectivity index (χ0) is 10.7. The lowest BCUT2D eigenvalue weighted by molar-refractivity contribution is -0.111. The van der Waals surface area contributed by atoms with E-state index in [1.54, 1.807) is 6.92 Å². The molecule has 0 amide bonds. The van der Waals surface area contributed by atoms with Crippen LogP contribution in [-0.4, -0.2) is 16.7 Å². The molecule has 0 saturated heterocycles. The van der Waals surface area contributed by atoms with E-state index in [1.807, 2.05) is 13.8 Å². The number of nitrogens with zero attached hydrogens (tertiary/aromatic N) is 2. The minimum atomic E-state index is -0.0774. The van der Waals surface area contributed by atoms with E-state index in [2.05, 4.69) is 15.7 Å². The highest BCUT2D eigenvalue weighted by atomic mass is 16.5. The summed E-state index contributed by atoms with van der Waals surface area (Å²) in [5.74, 6) is 0.398. The molecule has 0 aromatic carbocycles. The summed E-state index contributed by atoms with van der Waals surface area (Å²) in [7, 11) is 0. The molecule has 1 N–H and O–H groups in total. The number of carbonyl (C=O) groups is 1. The molecule has 0 unspecified atom stereocenters. The van der Waals surface area contributed by atoms with Gasteiger partial charge in [-0.15, -0.1) is 0 Å². The van der Waals surface area contributed by atoms with Crippen molar-refractivity contribution < 1.29 is 9.32 Å². The fraction of sp³-hybridized carbons (Fsp3) is 0.444. The van der Waals surface area contributed by atoms with Gasteiger partial charge in [-0.05, 0) is 20.8 Å². The van der Waals surface area contributed by atoms with Crippen molar-refractivity contribution >= 4 is 17.4 Å². The number of hydrogen-bond donors (Lipinski definition) is 1. The van der Waals surface area contributed by atoms with Crippen LogP contribution in [-0.2, 0) is 4.79 Å². The summed E-state index contributed by atoms with van der Waals surface area (Å²) in [6.07, 6.45) is 0. The first-order valence-corrected chi connectivity index (χ1v) is 4.26. The number of nitrogens with one attached hydrogen (secondary N) is 1. The number of hydrazone groups is 1. The van der Waals surface area contributed by atoms with E-state index in [0.29, 0.717) is 11.6 Å². The van der Waals surface area contributed by atoms with E-state index < -0.39 is 0 Å². The van der Waals surface area contributed by atoms with Crippen LogP contribution in [0.25, 0.3) is 0 Å². The van der Waals surface area contributed by atoms with Crippen molar-refractivity contribution in [3.63, 3.8) is 0 Å². The lowest BCUT2D eigenvalue weighted by Gasteiger charge is -1.96. The number of carbonyl (C=O) groups excluding carboxylic acids is 1. The van der Waals surface area contributed by atoms with Crippen LogP contribution < -0.4 is 5.43 Å². The number of ketones is 1. The van der Waals surface area contributed by atoms with E-state index >= 15 is 0 Å². The summed E-state index contributed by atoms with van der Waals surface area (Å²) in [4.78, 5) is 10.8. The highest BCUT2D eigenvalue weighted by molar-refractivity contribution is 6.38. The quantitative estimate of drug-likeness (QED) is 0.588. The molecule has 0 saturated carbocycles. The highest BCUT2D eigenvalue weighted by Crippen LogP contribution is 2.16. The van der Waals surface area contributed by atoms with E-state index in [-0.39, 0.29) is 5.78 Å². The number of rotatable bonds is 3. The monoisotopic (exact) mass is 195 g/mol. The molecule has 5 heteroatoms. The molecule has 0 atom stereocenters. The van der Waals surface area contributed by atoms with Crippen molar-refractivity contribution in [2.24, 2.45) is 5.10 Å². The molecule has 76 valence electrons. The molecule has 0 aliphatic heterocycles. The van der Waals surface area contributed by atoms with Gasteiger partial charge in [0.25, 0.3) is 0 Å². The van der Waals surface area contributed by atoms with Crippen molar-refractivity contribution in [2.45, 2.75) is 27.7 Å². The predicted octanol–water partition coefficient (Wildman–Crippen LogP) is 1.67.